The Bertz CT molecular complexity index is 339. The highest BCUT2D eigenvalue weighted by molar-refractivity contribution is 6.30. The number of rotatable bonds is 3. The molecule has 1 aliphatic heterocycles. The van der Waals surface area contributed by atoms with Crippen LogP contribution in [0.25, 0.3) is 6.08 Å². The average molecular weight is 237 g/mol. The van der Waals surface area contributed by atoms with Crippen LogP contribution in [0, 0.1) is 0 Å². The summed E-state index contributed by atoms with van der Waals surface area (Å²) < 4.78 is 0. The van der Waals surface area contributed by atoms with Crippen LogP contribution in [0.1, 0.15) is 5.56 Å². The molecule has 0 atom stereocenters. The van der Waals surface area contributed by atoms with Crippen LogP contribution >= 0.6 is 11.6 Å². The first-order valence-corrected chi connectivity index (χ1v) is 6.07. The fourth-order valence-corrected chi connectivity index (χ4v) is 1.93. The summed E-state index contributed by atoms with van der Waals surface area (Å²) in [6.07, 6.45) is 4.37. The molecule has 1 fully saturated rings. The molecule has 16 heavy (non-hydrogen) atoms. The Kier molecular flexibility index (Phi) is 4.40. The molecule has 0 saturated carbocycles. The van der Waals surface area contributed by atoms with Crippen molar-refractivity contribution in [3.8, 4) is 0 Å². The summed E-state index contributed by atoms with van der Waals surface area (Å²) in [6, 6.07) is 7.92. The van der Waals surface area contributed by atoms with Crippen molar-refractivity contribution in [1.29, 1.82) is 0 Å². The lowest BCUT2D eigenvalue weighted by atomic mass is 10.2. The molecule has 2 rings (SSSR count). The van der Waals surface area contributed by atoms with Crippen molar-refractivity contribution in [3.05, 3.63) is 40.9 Å². The second-order valence-corrected chi connectivity index (χ2v) is 4.44. The van der Waals surface area contributed by atoms with E-state index >= 15 is 0 Å². The Labute approximate surface area is 102 Å². The van der Waals surface area contributed by atoms with Crippen LogP contribution in [-0.2, 0) is 0 Å². The van der Waals surface area contributed by atoms with E-state index in [4.69, 9.17) is 11.6 Å². The normalized spacial score (nSPS) is 18.1. The van der Waals surface area contributed by atoms with Gasteiger partial charge in [0.2, 0.25) is 0 Å². The molecule has 0 radical (unpaired) electrons. The molecule has 0 amide bonds. The zero-order valence-electron chi connectivity index (χ0n) is 9.32. The third-order valence-electron chi connectivity index (χ3n) is 2.75. The fourth-order valence-electron chi connectivity index (χ4n) is 1.81. The number of halogens is 1. The number of nitrogens with zero attached hydrogens (tertiary/aromatic N) is 1. The third-order valence-corrected chi connectivity index (χ3v) is 3.01. The number of benzene rings is 1. The van der Waals surface area contributed by atoms with E-state index in [1.807, 2.05) is 24.3 Å². The summed E-state index contributed by atoms with van der Waals surface area (Å²) in [4.78, 5) is 2.45. The van der Waals surface area contributed by atoms with E-state index in [-0.39, 0.29) is 0 Å². The van der Waals surface area contributed by atoms with Crippen LogP contribution in [-0.4, -0.2) is 37.6 Å². The van der Waals surface area contributed by atoms with Crippen LogP contribution < -0.4 is 5.32 Å². The highest BCUT2D eigenvalue weighted by Gasteiger charge is 2.06. The summed E-state index contributed by atoms with van der Waals surface area (Å²) in [7, 11) is 0. The van der Waals surface area contributed by atoms with Gasteiger partial charge in [0.05, 0.1) is 0 Å². The molecule has 0 aliphatic carbocycles. The van der Waals surface area contributed by atoms with Crippen LogP contribution in [0.4, 0.5) is 0 Å². The first kappa shape index (κ1) is 11.6. The maximum Gasteiger partial charge on any atom is 0.0406 e. The van der Waals surface area contributed by atoms with E-state index in [1.54, 1.807) is 0 Å². The van der Waals surface area contributed by atoms with Gasteiger partial charge >= 0.3 is 0 Å². The van der Waals surface area contributed by atoms with Crippen LogP contribution in [0.15, 0.2) is 30.3 Å². The van der Waals surface area contributed by atoms with Gasteiger partial charge in [-0.05, 0) is 17.7 Å². The van der Waals surface area contributed by atoms with Crippen molar-refractivity contribution in [2.45, 2.75) is 0 Å². The summed E-state index contributed by atoms with van der Waals surface area (Å²) >= 11 is 5.83. The lowest BCUT2D eigenvalue weighted by molar-refractivity contribution is 0.265. The van der Waals surface area contributed by atoms with Crippen molar-refractivity contribution in [2.24, 2.45) is 0 Å². The first-order chi connectivity index (χ1) is 7.84. The predicted octanol–water partition coefficient (Wildman–Crippen LogP) is 2.26. The van der Waals surface area contributed by atoms with E-state index in [9.17, 15) is 0 Å². The predicted molar refractivity (Wildman–Crippen MR) is 69.8 cm³/mol. The summed E-state index contributed by atoms with van der Waals surface area (Å²) in [5.74, 6) is 0. The lowest BCUT2D eigenvalue weighted by Crippen LogP contribution is -2.43. The highest BCUT2D eigenvalue weighted by Crippen LogP contribution is 2.10. The molecule has 0 spiro atoms. The molecular weight excluding hydrogens is 220 g/mol. The summed E-state index contributed by atoms with van der Waals surface area (Å²) in [5.41, 5.74) is 1.21. The smallest absolute Gasteiger partial charge is 0.0406 e. The Balaban J connectivity index is 1.82. The molecule has 0 aromatic heterocycles. The van der Waals surface area contributed by atoms with Crippen molar-refractivity contribution in [1.82, 2.24) is 10.2 Å². The van der Waals surface area contributed by atoms with E-state index in [1.165, 1.54) is 5.56 Å². The maximum absolute atomic E-state index is 5.83. The highest BCUT2D eigenvalue weighted by atomic mass is 35.5. The van der Waals surface area contributed by atoms with Gasteiger partial charge in [-0.15, -0.1) is 0 Å². The molecule has 0 bridgehead atoms. The molecule has 86 valence electrons. The Hall–Kier alpha value is -0.830. The molecule has 2 nitrogen and oxygen atoms in total. The first-order valence-electron chi connectivity index (χ1n) is 5.70. The van der Waals surface area contributed by atoms with Gasteiger partial charge in [-0.2, -0.15) is 0 Å². The Morgan fingerprint density at radius 2 is 1.88 bits per heavy atom. The van der Waals surface area contributed by atoms with Crippen molar-refractivity contribution in [2.75, 3.05) is 32.7 Å². The largest absolute Gasteiger partial charge is 0.314 e. The molecular formula is C13H17ClN2. The van der Waals surface area contributed by atoms with Crippen LogP contribution in [0.2, 0.25) is 5.02 Å². The second kappa shape index (κ2) is 6.04. The fraction of sp³-hybridized carbons (Fsp3) is 0.385. The molecule has 1 saturated heterocycles. The van der Waals surface area contributed by atoms with E-state index in [0.717, 1.165) is 37.7 Å². The minimum Gasteiger partial charge on any atom is -0.314 e. The van der Waals surface area contributed by atoms with Crippen molar-refractivity contribution >= 4 is 17.7 Å². The minimum atomic E-state index is 0.791. The Morgan fingerprint density at radius 1 is 1.19 bits per heavy atom. The summed E-state index contributed by atoms with van der Waals surface area (Å²) in [5, 5.41) is 4.14. The van der Waals surface area contributed by atoms with E-state index in [0.29, 0.717) is 0 Å². The van der Waals surface area contributed by atoms with Gasteiger partial charge < -0.3 is 5.32 Å². The molecule has 1 aromatic rings. The van der Waals surface area contributed by atoms with Crippen molar-refractivity contribution < 1.29 is 0 Å². The molecule has 1 aliphatic rings. The third kappa shape index (κ3) is 3.63. The number of piperazine rings is 1. The molecule has 0 unspecified atom stereocenters. The quantitative estimate of drug-likeness (QED) is 0.866. The maximum atomic E-state index is 5.83. The average Bonchev–Trinajstić information content (AvgIpc) is 2.33. The van der Waals surface area contributed by atoms with E-state index < -0.39 is 0 Å². The van der Waals surface area contributed by atoms with Gasteiger partial charge in [-0.25, -0.2) is 0 Å². The van der Waals surface area contributed by atoms with Crippen LogP contribution in [0.5, 0.6) is 0 Å². The molecule has 1 heterocycles. The number of hydrogen-bond acceptors (Lipinski definition) is 2. The monoisotopic (exact) mass is 236 g/mol. The Morgan fingerprint density at radius 3 is 2.56 bits per heavy atom. The van der Waals surface area contributed by atoms with Gasteiger partial charge in [0.25, 0.3) is 0 Å². The number of nitrogens with one attached hydrogen (secondary N) is 1. The summed E-state index contributed by atoms with van der Waals surface area (Å²) in [6.45, 7) is 5.53. The standard InChI is InChI=1S/C13H17ClN2/c14-13-5-3-12(4-6-13)2-1-9-16-10-7-15-8-11-16/h1-6,15H,7-11H2/b2-1+. The number of hydrogen-bond donors (Lipinski definition) is 1. The van der Waals surface area contributed by atoms with Gasteiger partial charge in [0.15, 0.2) is 0 Å². The SMILES string of the molecule is Clc1ccc(/C=C/CN2CCNCC2)cc1. The minimum absolute atomic E-state index is 0.791. The second-order valence-electron chi connectivity index (χ2n) is 4.00. The zero-order valence-corrected chi connectivity index (χ0v) is 10.1. The van der Waals surface area contributed by atoms with Gasteiger partial charge in [0, 0.05) is 37.7 Å². The van der Waals surface area contributed by atoms with Crippen molar-refractivity contribution in [3.63, 3.8) is 0 Å². The topological polar surface area (TPSA) is 15.3 Å². The molecule has 1 aromatic carbocycles. The zero-order chi connectivity index (χ0) is 11.2. The van der Waals surface area contributed by atoms with Gasteiger partial charge in [0.1, 0.15) is 0 Å². The lowest BCUT2D eigenvalue weighted by Gasteiger charge is -2.25. The molecule has 1 N–H and O–H groups in total. The van der Waals surface area contributed by atoms with Gasteiger partial charge in [-0.3, -0.25) is 4.90 Å². The van der Waals surface area contributed by atoms with Crippen LogP contribution in [0.3, 0.4) is 0 Å². The van der Waals surface area contributed by atoms with Gasteiger partial charge in [-0.1, -0.05) is 35.9 Å². The van der Waals surface area contributed by atoms with E-state index in [2.05, 4.69) is 22.4 Å². The molecule has 3 heteroatoms.